The maximum atomic E-state index is 12.2. The Kier molecular flexibility index (Phi) is 2.23. The van der Waals surface area contributed by atoms with Gasteiger partial charge in [0, 0.05) is 24.7 Å². The van der Waals surface area contributed by atoms with Gasteiger partial charge >= 0.3 is 6.03 Å². The molecule has 5 aliphatic rings. The molecule has 4 aliphatic carbocycles. The van der Waals surface area contributed by atoms with Gasteiger partial charge in [0.2, 0.25) is 0 Å². The fraction of sp³-hybridized carbons (Fsp3) is 0.929. The van der Waals surface area contributed by atoms with E-state index in [1.54, 1.807) is 0 Å². The van der Waals surface area contributed by atoms with Crippen LogP contribution in [0.2, 0.25) is 0 Å². The average molecular weight is 249 g/mol. The zero-order chi connectivity index (χ0) is 12.3. The Morgan fingerprint density at radius 2 is 1.67 bits per heavy atom. The minimum Gasteiger partial charge on any atom is -0.336 e. The van der Waals surface area contributed by atoms with E-state index in [2.05, 4.69) is 10.2 Å². The molecule has 4 nitrogen and oxygen atoms in total. The predicted octanol–water partition coefficient (Wildman–Crippen LogP) is 1.31. The molecule has 1 saturated heterocycles. The van der Waals surface area contributed by atoms with Crippen LogP contribution < -0.4 is 11.1 Å². The highest BCUT2D eigenvalue weighted by Crippen LogP contribution is 2.57. The quantitative estimate of drug-likeness (QED) is 0.736. The maximum absolute atomic E-state index is 12.2. The third-order valence-corrected chi connectivity index (χ3v) is 5.76. The second-order valence-corrected chi connectivity index (χ2v) is 7.20. The molecule has 4 heteroatoms. The molecule has 3 N–H and O–H groups in total. The Bertz CT molecular complexity index is 346. The lowest BCUT2D eigenvalue weighted by atomic mass is 9.52. The Labute approximate surface area is 108 Å². The van der Waals surface area contributed by atoms with Crippen LogP contribution in [0, 0.1) is 17.8 Å². The van der Waals surface area contributed by atoms with Crippen molar-refractivity contribution in [2.24, 2.45) is 23.5 Å². The monoisotopic (exact) mass is 249 g/mol. The summed E-state index contributed by atoms with van der Waals surface area (Å²) in [6.45, 7) is 1.40. The normalized spacial score (nSPS) is 50.5. The average Bonchev–Trinajstić information content (AvgIpc) is 2.30. The highest BCUT2D eigenvalue weighted by molar-refractivity contribution is 5.76. The predicted molar refractivity (Wildman–Crippen MR) is 69.0 cm³/mol. The van der Waals surface area contributed by atoms with Crippen LogP contribution >= 0.6 is 0 Å². The molecule has 4 bridgehead atoms. The Morgan fingerprint density at radius 1 is 1.11 bits per heavy atom. The fourth-order valence-corrected chi connectivity index (χ4v) is 5.50. The molecule has 1 aliphatic heterocycles. The van der Waals surface area contributed by atoms with Crippen LogP contribution in [0.25, 0.3) is 0 Å². The smallest absolute Gasteiger partial charge is 0.317 e. The first kappa shape index (κ1) is 11.1. The van der Waals surface area contributed by atoms with E-state index in [-0.39, 0.29) is 17.6 Å². The van der Waals surface area contributed by atoms with Crippen LogP contribution in [0.4, 0.5) is 4.79 Å². The zero-order valence-electron chi connectivity index (χ0n) is 10.9. The molecule has 1 heterocycles. The molecule has 4 saturated carbocycles. The van der Waals surface area contributed by atoms with Crippen LogP contribution in [0.5, 0.6) is 0 Å². The largest absolute Gasteiger partial charge is 0.336 e. The summed E-state index contributed by atoms with van der Waals surface area (Å²) in [6.07, 6.45) is 7.96. The van der Waals surface area contributed by atoms with E-state index in [1.165, 1.54) is 38.5 Å². The number of nitrogens with zero attached hydrogens (tertiary/aromatic N) is 1. The van der Waals surface area contributed by atoms with Gasteiger partial charge in [-0.3, -0.25) is 0 Å². The maximum Gasteiger partial charge on any atom is 0.317 e. The minimum atomic E-state index is 0.107. The summed E-state index contributed by atoms with van der Waals surface area (Å²) in [7, 11) is 0. The van der Waals surface area contributed by atoms with E-state index in [0.717, 1.165) is 24.3 Å². The van der Waals surface area contributed by atoms with Crippen LogP contribution in [0.15, 0.2) is 0 Å². The fourth-order valence-electron chi connectivity index (χ4n) is 5.50. The molecule has 100 valence electrons. The van der Waals surface area contributed by atoms with Crippen molar-refractivity contribution in [3.8, 4) is 0 Å². The number of amides is 2. The van der Waals surface area contributed by atoms with Gasteiger partial charge in [-0.05, 0) is 56.3 Å². The van der Waals surface area contributed by atoms with Crippen molar-refractivity contribution in [2.45, 2.75) is 50.1 Å². The van der Waals surface area contributed by atoms with Gasteiger partial charge in [0.25, 0.3) is 0 Å². The number of rotatable bonds is 1. The van der Waals surface area contributed by atoms with E-state index < -0.39 is 0 Å². The Hall–Kier alpha value is -0.770. The highest BCUT2D eigenvalue weighted by atomic mass is 16.2. The topological polar surface area (TPSA) is 58.4 Å². The number of carbonyl (C=O) groups is 1. The van der Waals surface area contributed by atoms with Gasteiger partial charge < -0.3 is 16.0 Å². The molecule has 18 heavy (non-hydrogen) atoms. The van der Waals surface area contributed by atoms with Crippen molar-refractivity contribution in [2.75, 3.05) is 13.1 Å². The van der Waals surface area contributed by atoms with Crippen LogP contribution in [0.3, 0.4) is 0 Å². The summed E-state index contributed by atoms with van der Waals surface area (Å²) >= 11 is 0. The molecule has 0 aromatic rings. The molecule has 0 spiro atoms. The number of hydrogen-bond acceptors (Lipinski definition) is 2. The Balaban J connectivity index is 1.64. The van der Waals surface area contributed by atoms with Crippen LogP contribution in [-0.2, 0) is 0 Å². The molecule has 5 fully saturated rings. The minimum absolute atomic E-state index is 0.107. The van der Waals surface area contributed by atoms with Crippen molar-refractivity contribution >= 4 is 6.03 Å². The number of nitrogens with one attached hydrogen (secondary N) is 1. The second kappa shape index (κ2) is 3.62. The Morgan fingerprint density at radius 3 is 2.22 bits per heavy atom. The van der Waals surface area contributed by atoms with Gasteiger partial charge in [0.05, 0.1) is 0 Å². The lowest BCUT2D eigenvalue weighted by Gasteiger charge is -2.61. The van der Waals surface area contributed by atoms with Gasteiger partial charge in [-0.2, -0.15) is 0 Å². The third-order valence-electron chi connectivity index (χ3n) is 5.76. The van der Waals surface area contributed by atoms with E-state index in [9.17, 15) is 4.79 Å². The molecule has 0 aromatic carbocycles. The first-order valence-electron chi connectivity index (χ1n) is 7.46. The van der Waals surface area contributed by atoms with Gasteiger partial charge in [0.1, 0.15) is 0 Å². The lowest BCUT2D eigenvalue weighted by molar-refractivity contribution is -0.0745. The van der Waals surface area contributed by atoms with Gasteiger partial charge in [-0.15, -0.1) is 0 Å². The van der Waals surface area contributed by atoms with Crippen molar-refractivity contribution in [3.05, 3.63) is 0 Å². The molecule has 1 unspecified atom stereocenters. The van der Waals surface area contributed by atoms with E-state index in [1.807, 2.05) is 0 Å². The molecule has 0 aromatic heterocycles. The molecule has 2 amide bonds. The second-order valence-electron chi connectivity index (χ2n) is 7.20. The summed E-state index contributed by atoms with van der Waals surface area (Å²) in [5.74, 6) is 2.63. The zero-order valence-corrected chi connectivity index (χ0v) is 10.9. The number of hydrogen-bond donors (Lipinski definition) is 2. The molecule has 0 radical (unpaired) electrons. The van der Waals surface area contributed by atoms with Gasteiger partial charge in [-0.25, -0.2) is 4.79 Å². The number of urea groups is 1. The summed E-state index contributed by atoms with van der Waals surface area (Å²) in [5.41, 5.74) is 6.21. The van der Waals surface area contributed by atoms with Crippen molar-refractivity contribution in [1.82, 2.24) is 10.2 Å². The first-order valence-corrected chi connectivity index (χ1v) is 7.46. The van der Waals surface area contributed by atoms with Crippen molar-refractivity contribution in [1.29, 1.82) is 0 Å². The molecule has 5 rings (SSSR count). The molecule has 1 atom stereocenters. The van der Waals surface area contributed by atoms with Gasteiger partial charge in [0.15, 0.2) is 0 Å². The van der Waals surface area contributed by atoms with E-state index in [0.29, 0.717) is 6.54 Å². The van der Waals surface area contributed by atoms with Crippen molar-refractivity contribution < 1.29 is 4.79 Å². The number of carbonyl (C=O) groups excluding carboxylic acids is 1. The summed E-state index contributed by atoms with van der Waals surface area (Å²) < 4.78 is 0. The van der Waals surface area contributed by atoms with Gasteiger partial charge in [-0.1, -0.05) is 0 Å². The van der Waals surface area contributed by atoms with Crippen LogP contribution in [-0.4, -0.2) is 35.6 Å². The first-order chi connectivity index (χ1) is 8.64. The van der Waals surface area contributed by atoms with E-state index in [4.69, 9.17) is 5.73 Å². The summed E-state index contributed by atoms with van der Waals surface area (Å²) in [6, 6.07) is 0.245. The highest BCUT2D eigenvalue weighted by Gasteiger charge is 2.55. The standard InChI is InChI=1S/C14H23N3O/c15-12-7-16-13(18)17(8-12)14-4-9-1-10(5-14)3-11(2-9)6-14/h9-12H,1-8,15H2,(H,16,18). The molecular formula is C14H23N3O. The third kappa shape index (κ3) is 1.51. The van der Waals surface area contributed by atoms with Crippen molar-refractivity contribution in [3.63, 3.8) is 0 Å². The SMILES string of the molecule is NC1CNC(=O)N(C23CC4CC(CC(C4)C2)C3)C1. The van der Waals surface area contributed by atoms with Crippen LogP contribution in [0.1, 0.15) is 38.5 Å². The van der Waals surface area contributed by atoms with E-state index >= 15 is 0 Å². The number of nitrogens with two attached hydrogens (primary N) is 1. The lowest BCUT2D eigenvalue weighted by Crippen LogP contribution is -2.68. The summed E-state index contributed by atoms with van der Waals surface area (Å²) in [5, 5.41) is 2.97. The molecular weight excluding hydrogens is 226 g/mol. The summed E-state index contributed by atoms with van der Waals surface area (Å²) in [4.78, 5) is 14.3.